The average Bonchev–Trinajstić information content (AvgIpc) is 2.06. The molecule has 0 amide bonds. The molecule has 0 aromatic heterocycles. The summed E-state index contributed by atoms with van der Waals surface area (Å²) in [5.74, 6) is 0. The highest BCUT2D eigenvalue weighted by Gasteiger charge is 2.18. The Balaban J connectivity index is 0.00000196. The van der Waals surface area contributed by atoms with E-state index in [0.29, 0.717) is 0 Å². The molecule has 1 aliphatic heterocycles. The van der Waals surface area contributed by atoms with Crippen molar-refractivity contribution in [3.63, 3.8) is 0 Å². The highest BCUT2D eigenvalue weighted by atomic mass is 35.5. The number of hydrogen-bond acceptors (Lipinski definition) is 2. The van der Waals surface area contributed by atoms with Gasteiger partial charge >= 0.3 is 0 Å². The first-order valence-electron chi connectivity index (χ1n) is 5.30. The lowest BCUT2D eigenvalue weighted by atomic mass is 10.3. The highest BCUT2D eigenvalue weighted by Crippen LogP contribution is 2.07. The first-order valence-corrected chi connectivity index (χ1v) is 6.18. The van der Waals surface area contributed by atoms with Crippen molar-refractivity contribution in [3.05, 3.63) is 0 Å². The molecule has 15 heavy (non-hydrogen) atoms. The van der Waals surface area contributed by atoms with Crippen LogP contribution in [0.25, 0.3) is 0 Å². The Morgan fingerprint density at radius 2 is 1.13 bits per heavy atom. The smallest absolute Gasteiger partial charge is 0.0435 e. The maximum Gasteiger partial charge on any atom is 0.0435 e. The molecule has 5 heteroatoms. The fourth-order valence-electron chi connectivity index (χ4n) is 1.87. The zero-order chi connectivity index (χ0) is 10.6. The molecule has 1 rings (SSSR count). The molecule has 0 bridgehead atoms. The third-order valence-corrected chi connectivity index (χ3v) is 2.76. The van der Waals surface area contributed by atoms with Crippen LogP contribution in [-0.2, 0) is 0 Å². The van der Waals surface area contributed by atoms with Crippen LogP contribution in [0, 0.1) is 0 Å². The molecule has 0 aliphatic carbocycles. The fourth-order valence-corrected chi connectivity index (χ4v) is 2.26. The molecule has 92 valence electrons. The van der Waals surface area contributed by atoms with Gasteiger partial charge in [-0.1, -0.05) is 0 Å². The van der Waals surface area contributed by atoms with E-state index in [4.69, 9.17) is 23.2 Å². The zero-order valence-electron chi connectivity index (χ0n) is 9.46. The lowest BCUT2D eigenvalue weighted by molar-refractivity contribution is 0.134. The SMILES string of the molecule is CC(Cl)CN1CCN(CC(C)Cl)CC1.Cl. The van der Waals surface area contributed by atoms with Gasteiger partial charge in [0, 0.05) is 50.0 Å². The molecular formula is C10H21Cl3N2. The summed E-state index contributed by atoms with van der Waals surface area (Å²) in [5.41, 5.74) is 0. The van der Waals surface area contributed by atoms with E-state index in [2.05, 4.69) is 23.6 Å². The van der Waals surface area contributed by atoms with Crippen LogP contribution in [-0.4, -0.2) is 59.8 Å². The molecule has 1 saturated heterocycles. The van der Waals surface area contributed by atoms with Crippen LogP contribution in [0.4, 0.5) is 0 Å². The van der Waals surface area contributed by atoms with Crippen molar-refractivity contribution in [1.82, 2.24) is 9.80 Å². The van der Waals surface area contributed by atoms with Gasteiger partial charge in [0.2, 0.25) is 0 Å². The van der Waals surface area contributed by atoms with E-state index in [9.17, 15) is 0 Å². The van der Waals surface area contributed by atoms with Crippen molar-refractivity contribution in [2.75, 3.05) is 39.3 Å². The van der Waals surface area contributed by atoms with Gasteiger partial charge in [-0.05, 0) is 13.8 Å². The Morgan fingerprint density at radius 1 is 0.867 bits per heavy atom. The summed E-state index contributed by atoms with van der Waals surface area (Å²) in [6.07, 6.45) is 0. The number of halogens is 3. The number of piperazine rings is 1. The molecule has 1 heterocycles. The summed E-state index contributed by atoms with van der Waals surface area (Å²) < 4.78 is 0. The second kappa shape index (κ2) is 7.97. The number of hydrogen-bond donors (Lipinski definition) is 0. The van der Waals surface area contributed by atoms with E-state index in [1.165, 1.54) is 0 Å². The zero-order valence-corrected chi connectivity index (χ0v) is 11.8. The van der Waals surface area contributed by atoms with Crippen LogP contribution in [0.5, 0.6) is 0 Å². The van der Waals surface area contributed by atoms with Crippen molar-refractivity contribution >= 4 is 35.6 Å². The van der Waals surface area contributed by atoms with Crippen molar-refractivity contribution in [2.24, 2.45) is 0 Å². The van der Waals surface area contributed by atoms with Gasteiger partial charge in [0.15, 0.2) is 0 Å². The molecule has 0 N–H and O–H groups in total. The van der Waals surface area contributed by atoms with Gasteiger partial charge < -0.3 is 0 Å². The Morgan fingerprint density at radius 3 is 1.33 bits per heavy atom. The first kappa shape index (κ1) is 15.8. The van der Waals surface area contributed by atoms with Gasteiger partial charge in [0.25, 0.3) is 0 Å². The topological polar surface area (TPSA) is 6.48 Å². The van der Waals surface area contributed by atoms with E-state index in [0.717, 1.165) is 39.3 Å². The molecule has 0 saturated carbocycles. The Labute approximate surface area is 109 Å². The third kappa shape index (κ3) is 6.85. The average molecular weight is 276 g/mol. The van der Waals surface area contributed by atoms with Gasteiger partial charge in [0.05, 0.1) is 0 Å². The van der Waals surface area contributed by atoms with E-state index >= 15 is 0 Å². The van der Waals surface area contributed by atoms with E-state index in [-0.39, 0.29) is 23.2 Å². The summed E-state index contributed by atoms with van der Waals surface area (Å²) in [6.45, 7) is 10.6. The van der Waals surface area contributed by atoms with E-state index < -0.39 is 0 Å². The summed E-state index contributed by atoms with van der Waals surface area (Å²) in [4.78, 5) is 4.85. The van der Waals surface area contributed by atoms with Gasteiger partial charge in [-0.2, -0.15) is 0 Å². The van der Waals surface area contributed by atoms with E-state index in [1.807, 2.05) is 0 Å². The predicted molar refractivity (Wildman–Crippen MR) is 70.8 cm³/mol. The number of alkyl halides is 2. The van der Waals surface area contributed by atoms with Crippen molar-refractivity contribution in [1.29, 1.82) is 0 Å². The molecule has 1 fully saturated rings. The minimum Gasteiger partial charge on any atom is -0.299 e. The van der Waals surface area contributed by atoms with Crippen molar-refractivity contribution in [2.45, 2.75) is 24.6 Å². The monoisotopic (exact) mass is 274 g/mol. The highest BCUT2D eigenvalue weighted by molar-refractivity contribution is 6.20. The number of nitrogens with zero attached hydrogens (tertiary/aromatic N) is 2. The second-order valence-electron chi connectivity index (χ2n) is 4.16. The molecule has 2 unspecified atom stereocenters. The minimum atomic E-state index is 0. The predicted octanol–water partition coefficient (Wildman–Crippen LogP) is 2.28. The Bertz CT molecular complexity index is 139. The maximum absolute atomic E-state index is 5.96. The number of rotatable bonds is 4. The van der Waals surface area contributed by atoms with Gasteiger partial charge in [-0.3, -0.25) is 9.80 Å². The normalized spacial score (nSPS) is 23.2. The van der Waals surface area contributed by atoms with Crippen LogP contribution in [0.15, 0.2) is 0 Å². The van der Waals surface area contributed by atoms with Crippen LogP contribution in [0.1, 0.15) is 13.8 Å². The molecule has 0 aromatic carbocycles. The molecule has 1 aliphatic rings. The van der Waals surface area contributed by atoms with Crippen LogP contribution in [0.3, 0.4) is 0 Å². The molecule has 0 aromatic rings. The summed E-state index contributed by atoms with van der Waals surface area (Å²) in [7, 11) is 0. The summed E-state index contributed by atoms with van der Waals surface area (Å²) in [5, 5.41) is 0.516. The molecule has 0 radical (unpaired) electrons. The first-order chi connectivity index (χ1) is 6.58. The van der Waals surface area contributed by atoms with Crippen LogP contribution < -0.4 is 0 Å². The van der Waals surface area contributed by atoms with Gasteiger partial charge in [-0.15, -0.1) is 35.6 Å². The molecular weight excluding hydrogens is 254 g/mol. The molecule has 2 atom stereocenters. The minimum absolute atomic E-state index is 0. The van der Waals surface area contributed by atoms with Crippen LogP contribution >= 0.6 is 35.6 Å². The second-order valence-corrected chi connectivity index (χ2v) is 5.65. The Kier molecular flexibility index (Phi) is 8.39. The summed E-state index contributed by atoms with van der Waals surface area (Å²) >= 11 is 11.9. The standard InChI is InChI=1S/C10H20Cl2N2.ClH/c1-9(11)7-13-3-5-14(6-4-13)8-10(2)12;/h9-10H,3-8H2,1-2H3;1H. The lowest BCUT2D eigenvalue weighted by Gasteiger charge is -2.35. The largest absolute Gasteiger partial charge is 0.299 e. The van der Waals surface area contributed by atoms with Crippen LogP contribution in [0.2, 0.25) is 0 Å². The van der Waals surface area contributed by atoms with Crippen molar-refractivity contribution < 1.29 is 0 Å². The van der Waals surface area contributed by atoms with Gasteiger partial charge in [0.1, 0.15) is 0 Å². The summed E-state index contributed by atoms with van der Waals surface area (Å²) in [6, 6.07) is 0. The third-order valence-electron chi connectivity index (χ3n) is 2.48. The molecule has 0 spiro atoms. The molecule has 2 nitrogen and oxygen atoms in total. The maximum atomic E-state index is 5.96. The van der Waals surface area contributed by atoms with Crippen molar-refractivity contribution in [3.8, 4) is 0 Å². The fraction of sp³-hybridized carbons (Fsp3) is 1.00. The van der Waals surface area contributed by atoms with E-state index in [1.54, 1.807) is 0 Å². The lowest BCUT2D eigenvalue weighted by Crippen LogP contribution is -2.48. The quantitative estimate of drug-likeness (QED) is 0.727. The van der Waals surface area contributed by atoms with Gasteiger partial charge in [-0.25, -0.2) is 0 Å². The Hall–Kier alpha value is 0.790.